The number of likely N-dealkylation sites (N-methyl/N-ethyl adjacent to an activating group) is 1. The maximum atomic E-state index is 12.9. The van der Waals surface area contributed by atoms with E-state index in [1.54, 1.807) is 0 Å². The number of hydrogen-bond donors (Lipinski definition) is 1. The molecular formula is C24H25N3O5S2. The summed E-state index contributed by atoms with van der Waals surface area (Å²) in [7, 11) is -2.17. The number of carbonyl (C=O) groups is 2. The summed E-state index contributed by atoms with van der Waals surface area (Å²) in [6, 6.07) is 15.0. The topological polar surface area (TPSA) is 106 Å². The van der Waals surface area contributed by atoms with Gasteiger partial charge < -0.3 is 4.74 Å². The Labute approximate surface area is 202 Å². The van der Waals surface area contributed by atoms with Gasteiger partial charge in [-0.1, -0.05) is 41.7 Å². The molecule has 1 amide bonds. The average Bonchev–Trinajstić information content (AvgIpc) is 3.50. The number of aromatic nitrogens is 1. The molecule has 10 heteroatoms. The Morgan fingerprint density at radius 1 is 1.15 bits per heavy atom. The Morgan fingerprint density at radius 2 is 1.85 bits per heavy atom. The van der Waals surface area contributed by atoms with Crippen molar-refractivity contribution < 1.29 is 22.7 Å². The molecule has 1 fully saturated rings. The van der Waals surface area contributed by atoms with Crippen LogP contribution in [-0.2, 0) is 14.8 Å². The summed E-state index contributed by atoms with van der Waals surface area (Å²) in [6.45, 7) is 2.40. The van der Waals surface area contributed by atoms with E-state index in [2.05, 4.69) is 10.3 Å². The van der Waals surface area contributed by atoms with E-state index in [1.807, 2.05) is 30.3 Å². The van der Waals surface area contributed by atoms with Gasteiger partial charge in [0.1, 0.15) is 0 Å². The van der Waals surface area contributed by atoms with Gasteiger partial charge in [-0.2, -0.15) is 4.31 Å². The zero-order valence-electron chi connectivity index (χ0n) is 18.9. The van der Waals surface area contributed by atoms with E-state index in [9.17, 15) is 18.0 Å². The summed E-state index contributed by atoms with van der Waals surface area (Å²) in [5, 5.41) is 3.01. The van der Waals surface area contributed by atoms with E-state index in [-0.39, 0.29) is 28.9 Å². The van der Waals surface area contributed by atoms with Crippen molar-refractivity contribution in [3.8, 4) is 11.3 Å². The number of ether oxygens (including phenoxy) is 1. The largest absolute Gasteiger partial charge is 0.377 e. The zero-order chi connectivity index (χ0) is 24.3. The molecule has 34 heavy (non-hydrogen) atoms. The first-order chi connectivity index (χ1) is 16.3. The Morgan fingerprint density at radius 3 is 2.47 bits per heavy atom. The normalized spacial score (nSPS) is 16.0. The maximum Gasteiger partial charge on any atom is 0.257 e. The van der Waals surface area contributed by atoms with Crippen LogP contribution in [0.1, 0.15) is 39.8 Å². The number of anilines is 1. The second-order valence-corrected chi connectivity index (χ2v) is 11.1. The smallest absolute Gasteiger partial charge is 0.257 e. The minimum atomic E-state index is -3.70. The first-order valence-electron chi connectivity index (χ1n) is 10.8. The molecule has 1 aliphatic rings. The third-order valence-corrected chi connectivity index (χ3v) is 8.43. The van der Waals surface area contributed by atoms with Gasteiger partial charge in [0.05, 0.1) is 21.6 Å². The van der Waals surface area contributed by atoms with Crippen molar-refractivity contribution in [2.24, 2.45) is 0 Å². The summed E-state index contributed by atoms with van der Waals surface area (Å²) < 4.78 is 32.5. The number of nitrogens with one attached hydrogen (secondary N) is 1. The third-order valence-electron chi connectivity index (χ3n) is 5.52. The van der Waals surface area contributed by atoms with Crippen molar-refractivity contribution in [1.82, 2.24) is 9.29 Å². The highest BCUT2D eigenvalue weighted by Gasteiger charge is 2.26. The molecule has 4 rings (SSSR count). The summed E-state index contributed by atoms with van der Waals surface area (Å²) in [5.74, 6) is -0.585. The summed E-state index contributed by atoms with van der Waals surface area (Å²) in [4.78, 5) is 29.9. The van der Waals surface area contributed by atoms with Crippen molar-refractivity contribution in [3.63, 3.8) is 0 Å². The van der Waals surface area contributed by atoms with Crippen LogP contribution >= 0.6 is 11.3 Å². The van der Waals surface area contributed by atoms with Crippen LogP contribution in [0.2, 0.25) is 0 Å². The summed E-state index contributed by atoms with van der Waals surface area (Å²) in [6.07, 6.45) is 1.68. The SMILES string of the molecule is CC(=O)c1sc(NC(=O)c2ccc(S(=O)(=O)N(C)C[C@@H]3CCCO3)cc2)nc1-c1ccccc1. The number of benzene rings is 2. The van der Waals surface area contributed by atoms with Gasteiger partial charge in [0.2, 0.25) is 10.0 Å². The standard InChI is InChI=1S/C24H25N3O5S2/c1-16(28)22-21(17-7-4-3-5-8-17)25-24(33-22)26-23(29)18-10-12-20(13-11-18)34(30,31)27(2)15-19-9-6-14-32-19/h3-5,7-8,10-13,19H,6,9,14-15H2,1-2H3,(H,25,26,29)/t19-/m0/s1. The van der Waals surface area contributed by atoms with Crippen molar-refractivity contribution in [2.75, 3.05) is 25.5 Å². The van der Waals surface area contributed by atoms with Crippen molar-refractivity contribution in [3.05, 3.63) is 65.0 Å². The lowest BCUT2D eigenvalue weighted by molar-refractivity contribution is 0.0978. The molecule has 178 valence electrons. The maximum absolute atomic E-state index is 12.9. The second-order valence-electron chi connectivity index (χ2n) is 8.02. The summed E-state index contributed by atoms with van der Waals surface area (Å²) in [5.41, 5.74) is 1.58. The van der Waals surface area contributed by atoms with Gasteiger partial charge in [-0.15, -0.1) is 0 Å². The van der Waals surface area contributed by atoms with Gasteiger partial charge in [-0.25, -0.2) is 13.4 Å². The Hall–Kier alpha value is -2.92. The van der Waals surface area contributed by atoms with Crippen LogP contribution in [0, 0.1) is 0 Å². The van der Waals surface area contributed by atoms with Crippen LogP contribution < -0.4 is 5.32 Å². The van der Waals surface area contributed by atoms with E-state index in [4.69, 9.17) is 4.74 Å². The number of sulfonamides is 1. The van der Waals surface area contributed by atoms with Crippen LogP contribution in [0.25, 0.3) is 11.3 Å². The molecule has 3 aromatic rings. The Bertz CT molecular complexity index is 1280. The molecule has 1 atom stereocenters. The average molecular weight is 500 g/mol. The highest BCUT2D eigenvalue weighted by Crippen LogP contribution is 2.31. The van der Waals surface area contributed by atoms with Crippen LogP contribution in [0.4, 0.5) is 5.13 Å². The molecule has 1 aromatic heterocycles. The summed E-state index contributed by atoms with van der Waals surface area (Å²) >= 11 is 1.10. The number of carbonyl (C=O) groups excluding carboxylic acids is 2. The monoisotopic (exact) mass is 499 g/mol. The Kier molecular flexibility index (Phi) is 7.22. The Balaban J connectivity index is 1.48. The number of thiazole rings is 1. The fraction of sp³-hybridized carbons (Fsp3) is 0.292. The predicted octanol–water partition coefficient (Wildman–Crippen LogP) is 4.06. The predicted molar refractivity (Wildman–Crippen MR) is 131 cm³/mol. The first kappa shape index (κ1) is 24.2. The van der Waals surface area contributed by atoms with E-state index >= 15 is 0 Å². The lowest BCUT2D eigenvalue weighted by Gasteiger charge is -2.20. The van der Waals surface area contributed by atoms with E-state index in [0.717, 1.165) is 29.7 Å². The number of ketones is 1. The van der Waals surface area contributed by atoms with Gasteiger partial charge in [-0.05, 0) is 37.1 Å². The molecular weight excluding hydrogens is 474 g/mol. The molecule has 0 aliphatic carbocycles. The van der Waals surface area contributed by atoms with E-state index in [0.29, 0.717) is 22.3 Å². The molecule has 8 nitrogen and oxygen atoms in total. The van der Waals surface area contributed by atoms with Crippen LogP contribution in [0.3, 0.4) is 0 Å². The van der Waals surface area contributed by atoms with E-state index < -0.39 is 15.9 Å². The number of nitrogens with zero attached hydrogens (tertiary/aromatic N) is 2. The van der Waals surface area contributed by atoms with Crippen LogP contribution in [0.15, 0.2) is 59.5 Å². The molecule has 0 unspecified atom stereocenters. The molecule has 0 spiro atoms. The first-order valence-corrected chi connectivity index (χ1v) is 13.1. The minimum absolute atomic E-state index is 0.0937. The third kappa shape index (κ3) is 5.25. The van der Waals surface area contributed by atoms with Crippen molar-refractivity contribution in [2.45, 2.75) is 30.8 Å². The molecule has 0 radical (unpaired) electrons. The molecule has 2 heterocycles. The molecule has 0 bridgehead atoms. The van der Waals surface area contributed by atoms with Gasteiger partial charge in [-0.3, -0.25) is 14.9 Å². The highest BCUT2D eigenvalue weighted by atomic mass is 32.2. The van der Waals surface area contributed by atoms with Gasteiger partial charge in [0.15, 0.2) is 10.9 Å². The van der Waals surface area contributed by atoms with Crippen molar-refractivity contribution in [1.29, 1.82) is 0 Å². The number of Topliss-reactive ketones (excluding diaryl/α,β-unsaturated/α-hetero) is 1. The molecule has 2 aromatic carbocycles. The molecule has 1 aliphatic heterocycles. The number of rotatable bonds is 8. The number of hydrogen-bond acceptors (Lipinski definition) is 7. The highest BCUT2D eigenvalue weighted by molar-refractivity contribution is 7.89. The fourth-order valence-electron chi connectivity index (χ4n) is 3.70. The van der Waals surface area contributed by atoms with Gasteiger partial charge in [0, 0.05) is 38.2 Å². The second kappa shape index (κ2) is 10.1. The van der Waals surface area contributed by atoms with Crippen molar-refractivity contribution >= 4 is 38.2 Å². The molecule has 1 saturated heterocycles. The van der Waals surface area contributed by atoms with E-state index in [1.165, 1.54) is 42.5 Å². The molecule has 0 saturated carbocycles. The fourth-order valence-corrected chi connectivity index (χ4v) is 5.78. The lowest BCUT2D eigenvalue weighted by Crippen LogP contribution is -2.34. The quantitative estimate of drug-likeness (QED) is 0.469. The van der Waals surface area contributed by atoms with Crippen LogP contribution in [-0.4, -0.2) is 55.7 Å². The zero-order valence-corrected chi connectivity index (χ0v) is 20.5. The number of amides is 1. The minimum Gasteiger partial charge on any atom is -0.377 e. The van der Waals surface area contributed by atoms with Crippen LogP contribution in [0.5, 0.6) is 0 Å². The molecule has 1 N–H and O–H groups in total. The van der Waals surface area contributed by atoms with Gasteiger partial charge in [0.25, 0.3) is 5.91 Å². The lowest BCUT2D eigenvalue weighted by atomic mass is 10.1. The van der Waals surface area contributed by atoms with Gasteiger partial charge >= 0.3 is 0 Å².